The molecule has 1 saturated heterocycles. The van der Waals surface area contributed by atoms with Crippen molar-refractivity contribution in [2.45, 2.75) is 43.9 Å². The first-order chi connectivity index (χ1) is 27.7. The molecule has 3 atom stereocenters. The number of benzene rings is 4. The Kier molecular flexibility index (Phi) is 11.3. The number of methoxy groups -OCH3 is 3. The second kappa shape index (κ2) is 16.7. The summed E-state index contributed by atoms with van der Waals surface area (Å²) in [4.78, 5) is 8.68. The van der Waals surface area contributed by atoms with E-state index in [1.54, 1.807) is 26.2 Å². The van der Waals surface area contributed by atoms with Crippen LogP contribution in [-0.2, 0) is 25.7 Å². The number of β-amino-alcohol motifs (C(OH)–C–C–N with tert-alkyl or cyclic N) is 1. The number of ether oxygens (including phenoxy) is 6. The lowest BCUT2D eigenvalue weighted by Gasteiger charge is -2.37. The SMILES string of the molecule is COc1ccc2cc1Oc1ccc(cc1)CC1c3cc(c(OC)cc3CCN1C)Oc1c(OCC(O)CN3CCN(C#N)CC3)c(OC)cc3c1[C@H](C2)N(C)CC3. The van der Waals surface area contributed by atoms with Gasteiger partial charge in [-0.15, -0.1) is 0 Å². The molecular weight excluding hydrogens is 723 g/mol. The fourth-order valence-corrected chi connectivity index (χ4v) is 8.78. The number of fused-ring (bicyclic) bond motifs is 2. The second-order valence-electron chi connectivity index (χ2n) is 15.6. The number of aliphatic hydroxyl groups is 1. The van der Waals surface area contributed by atoms with E-state index in [2.05, 4.69) is 77.5 Å². The average Bonchev–Trinajstić information content (AvgIpc) is 3.22. The summed E-state index contributed by atoms with van der Waals surface area (Å²) >= 11 is 0. The van der Waals surface area contributed by atoms with Crippen molar-refractivity contribution in [3.63, 3.8) is 0 Å². The molecule has 6 bridgehead atoms. The standard InChI is InChI=1S/C45H53N5O7/c1-47-14-12-31-23-39(53-4)41-25-35(31)36(47)20-29-6-9-34(10-7-29)56-40-22-30(8-11-38(40)52-3)21-37-43-32(13-15-48(37)2)24-42(54-5)44(45(43)57-41)55-27-33(51)26-49-16-18-50(28-46)19-17-49/h6-11,22-25,33,36-37,51H,12-21,26-27H2,1-5H3/t33?,36?,37-/m0/s1. The van der Waals surface area contributed by atoms with E-state index >= 15 is 0 Å². The molecule has 12 heteroatoms. The molecule has 300 valence electrons. The molecule has 5 heterocycles. The quantitative estimate of drug-likeness (QED) is 0.212. The molecule has 5 aliphatic heterocycles. The van der Waals surface area contributed by atoms with Gasteiger partial charge in [-0.1, -0.05) is 18.2 Å². The average molecular weight is 776 g/mol. The summed E-state index contributed by atoms with van der Waals surface area (Å²) in [6.07, 6.45) is 4.57. The van der Waals surface area contributed by atoms with Gasteiger partial charge in [-0.2, -0.15) is 5.26 Å². The van der Waals surface area contributed by atoms with E-state index < -0.39 is 6.10 Å². The minimum absolute atomic E-state index is 0.0241. The molecule has 2 unspecified atom stereocenters. The summed E-state index contributed by atoms with van der Waals surface area (Å²) in [5.41, 5.74) is 6.82. The number of aliphatic hydroxyl groups excluding tert-OH is 1. The fourth-order valence-electron chi connectivity index (χ4n) is 8.78. The van der Waals surface area contributed by atoms with E-state index in [1.165, 1.54) is 16.7 Å². The largest absolute Gasteiger partial charge is 0.493 e. The molecule has 0 aromatic heterocycles. The Hall–Kier alpha value is -5.19. The highest BCUT2D eigenvalue weighted by molar-refractivity contribution is 5.64. The van der Waals surface area contributed by atoms with Crippen LogP contribution < -0.4 is 28.4 Å². The van der Waals surface area contributed by atoms with Gasteiger partial charge < -0.3 is 38.4 Å². The minimum atomic E-state index is -0.787. The Morgan fingerprint density at radius 3 is 2.11 bits per heavy atom. The van der Waals surface area contributed by atoms with Crippen LogP contribution >= 0.6 is 0 Å². The van der Waals surface area contributed by atoms with Crippen molar-refractivity contribution in [2.75, 3.05) is 87.8 Å². The Labute approximate surface area is 335 Å². The molecule has 5 aliphatic rings. The highest BCUT2D eigenvalue weighted by Gasteiger charge is 2.35. The van der Waals surface area contributed by atoms with E-state index in [1.807, 2.05) is 18.2 Å². The molecule has 1 N–H and O–H groups in total. The Morgan fingerprint density at radius 1 is 0.737 bits per heavy atom. The molecule has 12 nitrogen and oxygen atoms in total. The number of hydrogen-bond donors (Lipinski definition) is 1. The first-order valence-corrected chi connectivity index (χ1v) is 19.9. The van der Waals surface area contributed by atoms with Crippen molar-refractivity contribution >= 4 is 0 Å². The van der Waals surface area contributed by atoms with E-state index in [0.717, 1.165) is 54.8 Å². The molecule has 0 radical (unpaired) electrons. The van der Waals surface area contributed by atoms with Gasteiger partial charge in [0.05, 0.1) is 21.3 Å². The second-order valence-corrected chi connectivity index (χ2v) is 15.6. The summed E-state index contributed by atoms with van der Waals surface area (Å²) < 4.78 is 38.3. The zero-order valence-corrected chi connectivity index (χ0v) is 33.6. The fraction of sp³-hybridized carbons (Fsp3) is 0.444. The van der Waals surface area contributed by atoms with E-state index in [0.29, 0.717) is 79.4 Å². The van der Waals surface area contributed by atoms with E-state index in [-0.39, 0.29) is 18.7 Å². The monoisotopic (exact) mass is 775 g/mol. The number of hydrogen-bond acceptors (Lipinski definition) is 12. The third-order valence-electron chi connectivity index (χ3n) is 12.0. The van der Waals surface area contributed by atoms with E-state index in [4.69, 9.17) is 28.4 Å². The number of nitriles is 1. The first kappa shape index (κ1) is 38.7. The Bertz CT molecular complexity index is 2110. The summed E-state index contributed by atoms with van der Waals surface area (Å²) in [6.45, 7) is 4.89. The van der Waals surface area contributed by atoms with Crippen LogP contribution in [0.25, 0.3) is 0 Å². The van der Waals surface area contributed by atoms with Gasteiger partial charge in [-0.05, 0) is 110 Å². The minimum Gasteiger partial charge on any atom is -0.493 e. The highest BCUT2D eigenvalue weighted by atomic mass is 16.6. The maximum atomic E-state index is 11.3. The molecule has 0 spiro atoms. The van der Waals surface area contributed by atoms with Crippen LogP contribution in [0.4, 0.5) is 0 Å². The summed E-state index contributed by atoms with van der Waals surface area (Å²) in [6, 6.07) is 20.8. The molecule has 4 aromatic carbocycles. The predicted octanol–water partition coefficient (Wildman–Crippen LogP) is 5.99. The van der Waals surface area contributed by atoms with Crippen LogP contribution in [0.1, 0.15) is 45.5 Å². The van der Waals surface area contributed by atoms with Crippen LogP contribution in [0, 0.1) is 11.5 Å². The van der Waals surface area contributed by atoms with Crippen molar-refractivity contribution in [2.24, 2.45) is 0 Å². The van der Waals surface area contributed by atoms with Gasteiger partial charge in [0, 0.05) is 63.5 Å². The van der Waals surface area contributed by atoms with Gasteiger partial charge in [0.15, 0.2) is 40.7 Å². The molecule has 4 aromatic rings. The number of rotatable bonds is 8. The molecule has 9 rings (SSSR count). The molecule has 1 fully saturated rings. The van der Waals surface area contributed by atoms with Crippen molar-refractivity contribution in [1.82, 2.24) is 19.6 Å². The topological polar surface area (TPSA) is 112 Å². The van der Waals surface area contributed by atoms with Gasteiger partial charge in [-0.3, -0.25) is 14.7 Å². The van der Waals surface area contributed by atoms with Crippen LogP contribution in [0.15, 0.2) is 60.7 Å². The molecule has 0 amide bonds. The maximum absolute atomic E-state index is 11.3. The van der Waals surface area contributed by atoms with Gasteiger partial charge in [-0.25, -0.2) is 0 Å². The highest BCUT2D eigenvalue weighted by Crippen LogP contribution is 2.52. The number of likely N-dealkylation sites (N-methyl/N-ethyl adjacent to an activating group) is 2. The lowest BCUT2D eigenvalue weighted by molar-refractivity contribution is 0.0526. The molecular formula is C45H53N5O7. The first-order valence-electron chi connectivity index (χ1n) is 19.9. The summed E-state index contributed by atoms with van der Waals surface area (Å²) in [7, 11) is 9.32. The Morgan fingerprint density at radius 2 is 1.39 bits per heavy atom. The van der Waals surface area contributed by atoms with Crippen LogP contribution in [0.5, 0.6) is 46.0 Å². The third-order valence-corrected chi connectivity index (χ3v) is 12.0. The van der Waals surface area contributed by atoms with Gasteiger partial charge in [0.1, 0.15) is 18.5 Å². The zero-order chi connectivity index (χ0) is 39.6. The lowest BCUT2D eigenvalue weighted by Crippen LogP contribution is -2.47. The van der Waals surface area contributed by atoms with Crippen molar-refractivity contribution < 1.29 is 33.5 Å². The van der Waals surface area contributed by atoms with Crippen LogP contribution in [0.2, 0.25) is 0 Å². The lowest BCUT2D eigenvalue weighted by atomic mass is 9.87. The molecule has 0 aliphatic carbocycles. The van der Waals surface area contributed by atoms with Crippen LogP contribution in [-0.4, -0.2) is 119 Å². The van der Waals surface area contributed by atoms with Crippen molar-refractivity contribution in [3.8, 4) is 52.2 Å². The summed E-state index contributed by atoms with van der Waals surface area (Å²) in [5.74, 6) is 4.83. The maximum Gasteiger partial charge on any atom is 0.204 e. The predicted molar refractivity (Wildman–Crippen MR) is 216 cm³/mol. The van der Waals surface area contributed by atoms with Gasteiger partial charge >= 0.3 is 0 Å². The number of nitrogens with zero attached hydrogens (tertiary/aromatic N) is 5. The number of piperazine rings is 1. The summed E-state index contributed by atoms with van der Waals surface area (Å²) in [5, 5.41) is 20.6. The Balaban J connectivity index is 1.26. The van der Waals surface area contributed by atoms with Crippen molar-refractivity contribution in [1.29, 1.82) is 5.26 Å². The molecule has 0 saturated carbocycles. The van der Waals surface area contributed by atoms with Crippen molar-refractivity contribution in [3.05, 3.63) is 94.0 Å². The van der Waals surface area contributed by atoms with Gasteiger partial charge in [0.2, 0.25) is 5.75 Å². The smallest absolute Gasteiger partial charge is 0.204 e. The zero-order valence-electron chi connectivity index (χ0n) is 33.6. The molecule has 57 heavy (non-hydrogen) atoms. The normalized spacial score (nSPS) is 20.2. The van der Waals surface area contributed by atoms with E-state index in [9.17, 15) is 10.4 Å². The third kappa shape index (κ3) is 8.03. The van der Waals surface area contributed by atoms with Gasteiger partial charge in [0.25, 0.3) is 0 Å². The van der Waals surface area contributed by atoms with Crippen LogP contribution in [0.3, 0.4) is 0 Å².